The lowest BCUT2D eigenvalue weighted by atomic mass is 10.1. The van der Waals surface area contributed by atoms with Gasteiger partial charge in [0.2, 0.25) is 0 Å². The van der Waals surface area contributed by atoms with Crippen LogP contribution in [0.5, 0.6) is 0 Å². The van der Waals surface area contributed by atoms with E-state index in [4.69, 9.17) is 5.26 Å². The number of nitrogens with one attached hydrogen (secondary N) is 2. The third-order valence-corrected chi connectivity index (χ3v) is 3.75. The maximum Gasteiger partial charge on any atom is 0.274 e. The molecule has 2 amide bonds. The molecule has 0 radical (unpaired) electrons. The van der Waals surface area contributed by atoms with E-state index < -0.39 is 29.1 Å². The number of halogens is 2. The van der Waals surface area contributed by atoms with E-state index in [0.29, 0.717) is 5.69 Å². The first-order valence-electron chi connectivity index (χ1n) is 8.01. The molecule has 0 saturated carbocycles. The highest BCUT2D eigenvalue weighted by Gasteiger charge is 2.16. The topological polar surface area (TPSA) is 94.9 Å². The smallest absolute Gasteiger partial charge is 0.274 e. The van der Waals surface area contributed by atoms with Crippen molar-refractivity contribution in [2.45, 2.75) is 0 Å². The van der Waals surface area contributed by atoms with E-state index in [0.717, 1.165) is 12.1 Å². The van der Waals surface area contributed by atoms with Gasteiger partial charge in [0.25, 0.3) is 11.8 Å². The molecule has 0 fully saturated rings. The van der Waals surface area contributed by atoms with E-state index in [1.807, 2.05) is 6.07 Å². The summed E-state index contributed by atoms with van der Waals surface area (Å²) < 4.78 is 27.4. The fourth-order valence-corrected chi connectivity index (χ4v) is 2.37. The molecule has 138 valence electrons. The molecule has 3 aromatic rings. The van der Waals surface area contributed by atoms with Crippen LogP contribution in [0.1, 0.15) is 26.4 Å². The maximum atomic E-state index is 13.7. The summed E-state index contributed by atoms with van der Waals surface area (Å²) in [4.78, 5) is 28.6. The number of hydrogen-bond donors (Lipinski definition) is 2. The molecule has 0 aliphatic carbocycles. The van der Waals surface area contributed by atoms with E-state index in [9.17, 15) is 18.4 Å². The number of amides is 2. The van der Waals surface area contributed by atoms with Gasteiger partial charge in [-0.2, -0.15) is 5.26 Å². The van der Waals surface area contributed by atoms with E-state index in [-0.39, 0.29) is 16.8 Å². The molecule has 3 rings (SSSR count). The summed E-state index contributed by atoms with van der Waals surface area (Å²) in [7, 11) is 0. The Morgan fingerprint density at radius 1 is 0.929 bits per heavy atom. The number of pyridine rings is 1. The highest BCUT2D eigenvalue weighted by molar-refractivity contribution is 6.08. The molecular weight excluding hydrogens is 366 g/mol. The number of para-hydroxylation sites is 2. The minimum absolute atomic E-state index is 0.0172. The Bertz CT molecular complexity index is 1090. The molecule has 2 aromatic carbocycles. The molecule has 1 heterocycles. The van der Waals surface area contributed by atoms with E-state index in [1.54, 1.807) is 18.2 Å². The molecule has 8 heteroatoms. The van der Waals surface area contributed by atoms with Crippen molar-refractivity contribution in [3.63, 3.8) is 0 Å². The number of nitrogens with zero attached hydrogens (tertiary/aromatic N) is 2. The Kier molecular flexibility index (Phi) is 5.37. The number of carbonyl (C=O) groups excluding carboxylic acids is 2. The minimum Gasteiger partial charge on any atom is -0.319 e. The Morgan fingerprint density at radius 2 is 1.64 bits per heavy atom. The number of carbonyl (C=O) groups is 2. The van der Waals surface area contributed by atoms with Gasteiger partial charge in [-0.3, -0.25) is 14.6 Å². The third-order valence-electron chi connectivity index (χ3n) is 3.75. The van der Waals surface area contributed by atoms with Gasteiger partial charge in [0.05, 0.1) is 11.3 Å². The van der Waals surface area contributed by atoms with Gasteiger partial charge >= 0.3 is 0 Å². The summed E-state index contributed by atoms with van der Waals surface area (Å²) in [6, 6.07) is 14.0. The molecule has 28 heavy (non-hydrogen) atoms. The van der Waals surface area contributed by atoms with Gasteiger partial charge in [-0.05, 0) is 36.4 Å². The zero-order valence-electron chi connectivity index (χ0n) is 14.2. The van der Waals surface area contributed by atoms with Crippen LogP contribution in [0.4, 0.5) is 20.2 Å². The van der Waals surface area contributed by atoms with Crippen LogP contribution in [0.2, 0.25) is 0 Å². The van der Waals surface area contributed by atoms with Crippen LogP contribution in [0.3, 0.4) is 0 Å². The second kappa shape index (κ2) is 8.05. The van der Waals surface area contributed by atoms with Crippen molar-refractivity contribution in [1.82, 2.24) is 4.98 Å². The first kappa shape index (κ1) is 18.7. The quantitative estimate of drug-likeness (QED) is 0.723. The molecule has 0 aliphatic rings. The molecule has 0 saturated heterocycles. The summed E-state index contributed by atoms with van der Waals surface area (Å²) in [5.41, 5.74) is -0.149. The second-order valence-corrected chi connectivity index (χ2v) is 5.59. The van der Waals surface area contributed by atoms with Gasteiger partial charge in [0.15, 0.2) is 0 Å². The van der Waals surface area contributed by atoms with Crippen molar-refractivity contribution in [3.05, 3.63) is 89.2 Å². The van der Waals surface area contributed by atoms with Crippen molar-refractivity contribution in [2.75, 3.05) is 10.6 Å². The SMILES string of the molecule is N#Cc1ccccc1NC(=O)c1cc(C(=O)Nc2c(F)cccc2F)ccn1. The second-order valence-electron chi connectivity index (χ2n) is 5.59. The zero-order valence-corrected chi connectivity index (χ0v) is 14.2. The molecule has 0 atom stereocenters. The predicted octanol–water partition coefficient (Wildman–Crippen LogP) is 3.74. The number of hydrogen-bond acceptors (Lipinski definition) is 4. The van der Waals surface area contributed by atoms with E-state index in [2.05, 4.69) is 15.6 Å². The molecule has 6 nitrogen and oxygen atoms in total. The predicted molar refractivity (Wildman–Crippen MR) is 97.7 cm³/mol. The molecule has 1 aromatic heterocycles. The average molecular weight is 378 g/mol. The lowest BCUT2D eigenvalue weighted by molar-refractivity contribution is 0.102. The number of anilines is 2. The van der Waals surface area contributed by atoms with Gasteiger partial charge in [0, 0.05) is 11.8 Å². The highest BCUT2D eigenvalue weighted by Crippen LogP contribution is 2.19. The van der Waals surface area contributed by atoms with Crippen LogP contribution in [-0.4, -0.2) is 16.8 Å². The lowest BCUT2D eigenvalue weighted by Gasteiger charge is -2.09. The van der Waals surface area contributed by atoms with Crippen LogP contribution in [-0.2, 0) is 0 Å². The molecule has 2 N–H and O–H groups in total. The van der Waals surface area contributed by atoms with Gasteiger partial charge in [-0.25, -0.2) is 8.78 Å². The monoisotopic (exact) mass is 378 g/mol. The summed E-state index contributed by atoms with van der Waals surface area (Å²) >= 11 is 0. The van der Waals surface area contributed by atoms with E-state index >= 15 is 0 Å². The summed E-state index contributed by atoms with van der Waals surface area (Å²) in [5, 5.41) is 13.7. The summed E-state index contributed by atoms with van der Waals surface area (Å²) in [5.74, 6) is -3.30. The number of aromatic nitrogens is 1. The van der Waals surface area contributed by atoms with Crippen LogP contribution in [0, 0.1) is 23.0 Å². The van der Waals surface area contributed by atoms with Crippen molar-refractivity contribution < 1.29 is 18.4 Å². The molecule has 0 bridgehead atoms. The number of nitriles is 1. The Morgan fingerprint density at radius 3 is 2.36 bits per heavy atom. The summed E-state index contributed by atoms with van der Waals surface area (Å²) in [6.45, 7) is 0. The fourth-order valence-electron chi connectivity index (χ4n) is 2.37. The van der Waals surface area contributed by atoms with Crippen molar-refractivity contribution in [2.24, 2.45) is 0 Å². The molecule has 0 unspecified atom stereocenters. The van der Waals surface area contributed by atoms with E-state index in [1.165, 1.54) is 30.5 Å². The summed E-state index contributed by atoms with van der Waals surface area (Å²) in [6.07, 6.45) is 1.22. The first-order chi connectivity index (χ1) is 13.5. The van der Waals surface area contributed by atoms with Crippen molar-refractivity contribution in [1.29, 1.82) is 5.26 Å². The standard InChI is InChI=1S/C20H12F2N4O2/c21-14-5-3-6-15(22)18(14)26-19(27)12-8-9-24-17(10-12)20(28)25-16-7-2-1-4-13(16)11-23/h1-10H,(H,25,28)(H,26,27). The molecule has 0 aliphatic heterocycles. The van der Waals surface area contributed by atoms with Gasteiger partial charge < -0.3 is 10.6 Å². The number of benzene rings is 2. The Hall–Kier alpha value is -4.12. The zero-order chi connectivity index (χ0) is 20.1. The Labute approximate surface area is 158 Å². The van der Waals surface area contributed by atoms with Crippen molar-refractivity contribution in [3.8, 4) is 6.07 Å². The van der Waals surface area contributed by atoms with Crippen molar-refractivity contribution >= 4 is 23.2 Å². The Balaban J connectivity index is 1.81. The fraction of sp³-hybridized carbons (Fsp3) is 0. The van der Waals surface area contributed by atoms with Crippen LogP contribution in [0.15, 0.2) is 60.8 Å². The lowest BCUT2D eigenvalue weighted by Crippen LogP contribution is -2.18. The van der Waals surface area contributed by atoms with Crippen LogP contribution < -0.4 is 10.6 Å². The van der Waals surface area contributed by atoms with Gasteiger partial charge in [0.1, 0.15) is 29.1 Å². The van der Waals surface area contributed by atoms with Crippen LogP contribution >= 0.6 is 0 Å². The normalized spacial score (nSPS) is 10.0. The number of rotatable bonds is 4. The van der Waals surface area contributed by atoms with Gasteiger partial charge in [-0.1, -0.05) is 18.2 Å². The minimum atomic E-state index is -0.923. The largest absolute Gasteiger partial charge is 0.319 e. The van der Waals surface area contributed by atoms with Crippen LogP contribution in [0.25, 0.3) is 0 Å². The maximum absolute atomic E-state index is 13.7. The third kappa shape index (κ3) is 3.99. The molecule has 0 spiro atoms. The highest BCUT2D eigenvalue weighted by atomic mass is 19.1. The average Bonchev–Trinajstić information content (AvgIpc) is 2.71. The molecular formula is C20H12F2N4O2. The van der Waals surface area contributed by atoms with Gasteiger partial charge in [-0.15, -0.1) is 0 Å². The first-order valence-corrected chi connectivity index (χ1v) is 8.01.